The van der Waals surface area contributed by atoms with E-state index in [0.717, 1.165) is 43.6 Å². The molecule has 1 aromatic rings. The van der Waals surface area contributed by atoms with Gasteiger partial charge in [-0.05, 0) is 49.5 Å². The Labute approximate surface area is 102 Å². The number of rotatable bonds is 1. The van der Waals surface area contributed by atoms with Crippen molar-refractivity contribution >= 4 is 5.69 Å². The van der Waals surface area contributed by atoms with Crippen LogP contribution in [0.25, 0.3) is 0 Å². The van der Waals surface area contributed by atoms with E-state index in [2.05, 4.69) is 22.4 Å². The first-order valence-corrected chi connectivity index (χ1v) is 6.31. The van der Waals surface area contributed by atoms with Gasteiger partial charge >= 0.3 is 0 Å². The highest BCUT2D eigenvalue weighted by Gasteiger charge is 2.30. The molecular formula is C14H17N3. The molecule has 3 heteroatoms. The molecule has 2 fully saturated rings. The van der Waals surface area contributed by atoms with Crippen molar-refractivity contribution in [3.05, 3.63) is 29.8 Å². The second-order valence-electron chi connectivity index (χ2n) is 5.19. The molecule has 0 saturated carbocycles. The molecule has 17 heavy (non-hydrogen) atoms. The van der Waals surface area contributed by atoms with E-state index in [9.17, 15) is 0 Å². The van der Waals surface area contributed by atoms with Gasteiger partial charge in [0, 0.05) is 18.8 Å². The summed E-state index contributed by atoms with van der Waals surface area (Å²) in [4.78, 5) is 2.44. The van der Waals surface area contributed by atoms with Gasteiger partial charge in [0.2, 0.25) is 0 Å². The maximum absolute atomic E-state index is 8.94. The summed E-state index contributed by atoms with van der Waals surface area (Å²) >= 11 is 0. The van der Waals surface area contributed by atoms with E-state index in [4.69, 9.17) is 5.26 Å². The first kappa shape index (κ1) is 10.6. The Morgan fingerprint density at radius 2 is 2.00 bits per heavy atom. The standard InChI is InChI=1S/C14H17N3/c15-6-11-2-1-3-14(5-11)17-9-12-4-13(10-17)8-16-7-12/h1-3,5,12-13,16H,4,7-10H2. The van der Waals surface area contributed by atoms with E-state index in [1.165, 1.54) is 12.1 Å². The first-order valence-electron chi connectivity index (χ1n) is 6.31. The van der Waals surface area contributed by atoms with Crippen LogP contribution in [0.1, 0.15) is 12.0 Å². The Kier molecular flexibility index (Phi) is 2.74. The lowest BCUT2D eigenvalue weighted by Gasteiger charge is -2.42. The van der Waals surface area contributed by atoms with Crippen LogP contribution < -0.4 is 10.2 Å². The number of piperidine rings is 2. The van der Waals surface area contributed by atoms with Crippen molar-refractivity contribution in [1.29, 1.82) is 5.26 Å². The maximum Gasteiger partial charge on any atom is 0.0992 e. The number of anilines is 1. The molecule has 2 heterocycles. The van der Waals surface area contributed by atoms with Crippen LogP contribution in [-0.2, 0) is 0 Å². The fraction of sp³-hybridized carbons (Fsp3) is 0.500. The van der Waals surface area contributed by atoms with Crippen LogP contribution in [0.3, 0.4) is 0 Å². The molecule has 1 N–H and O–H groups in total. The lowest BCUT2D eigenvalue weighted by atomic mass is 9.85. The van der Waals surface area contributed by atoms with E-state index in [1.54, 1.807) is 0 Å². The van der Waals surface area contributed by atoms with Crippen LogP contribution in [0, 0.1) is 23.2 Å². The predicted molar refractivity (Wildman–Crippen MR) is 67.8 cm³/mol. The zero-order chi connectivity index (χ0) is 11.7. The summed E-state index contributed by atoms with van der Waals surface area (Å²) in [6.45, 7) is 4.53. The summed E-state index contributed by atoms with van der Waals surface area (Å²) in [6, 6.07) is 10.2. The number of benzene rings is 1. The molecule has 2 aliphatic heterocycles. The Bertz CT molecular complexity index is 437. The van der Waals surface area contributed by atoms with Crippen molar-refractivity contribution in [2.75, 3.05) is 31.1 Å². The molecule has 0 aromatic heterocycles. The van der Waals surface area contributed by atoms with Crippen molar-refractivity contribution in [2.45, 2.75) is 6.42 Å². The Morgan fingerprint density at radius 3 is 2.71 bits per heavy atom. The smallest absolute Gasteiger partial charge is 0.0992 e. The van der Waals surface area contributed by atoms with E-state index in [0.29, 0.717) is 0 Å². The summed E-state index contributed by atoms with van der Waals surface area (Å²) in [6.07, 6.45) is 1.36. The summed E-state index contributed by atoms with van der Waals surface area (Å²) in [5.41, 5.74) is 1.97. The van der Waals surface area contributed by atoms with Crippen molar-refractivity contribution in [3.63, 3.8) is 0 Å². The molecule has 0 spiro atoms. The zero-order valence-electron chi connectivity index (χ0n) is 9.89. The highest BCUT2D eigenvalue weighted by atomic mass is 15.2. The van der Waals surface area contributed by atoms with Gasteiger partial charge in [0.15, 0.2) is 0 Å². The average molecular weight is 227 g/mol. The normalized spacial score (nSPS) is 27.6. The van der Waals surface area contributed by atoms with Gasteiger partial charge in [-0.15, -0.1) is 0 Å². The van der Waals surface area contributed by atoms with Gasteiger partial charge in [0.05, 0.1) is 11.6 Å². The number of fused-ring (bicyclic) bond motifs is 2. The molecule has 2 saturated heterocycles. The van der Waals surface area contributed by atoms with E-state index in [-0.39, 0.29) is 0 Å². The van der Waals surface area contributed by atoms with E-state index >= 15 is 0 Å². The highest BCUT2D eigenvalue weighted by Crippen LogP contribution is 2.28. The van der Waals surface area contributed by atoms with Gasteiger partial charge in [0.1, 0.15) is 0 Å². The quantitative estimate of drug-likeness (QED) is 0.792. The SMILES string of the molecule is N#Cc1cccc(N2CC3CNCC(C3)C2)c1. The molecule has 2 atom stereocenters. The monoisotopic (exact) mass is 227 g/mol. The number of nitriles is 1. The van der Waals surface area contributed by atoms with E-state index in [1.807, 2.05) is 18.2 Å². The minimum atomic E-state index is 0.761. The van der Waals surface area contributed by atoms with Crippen LogP contribution >= 0.6 is 0 Å². The van der Waals surface area contributed by atoms with Gasteiger partial charge in [-0.2, -0.15) is 5.26 Å². The van der Waals surface area contributed by atoms with Gasteiger partial charge < -0.3 is 10.2 Å². The van der Waals surface area contributed by atoms with Crippen LogP contribution in [0.4, 0.5) is 5.69 Å². The number of hydrogen-bond acceptors (Lipinski definition) is 3. The van der Waals surface area contributed by atoms with Crippen molar-refractivity contribution in [2.24, 2.45) is 11.8 Å². The molecule has 2 aliphatic rings. The number of nitrogens with zero attached hydrogens (tertiary/aromatic N) is 2. The third-order valence-electron chi connectivity index (χ3n) is 3.83. The zero-order valence-corrected chi connectivity index (χ0v) is 9.89. The summed E-state index contributed by atoms with van der Waals surface area (Å²) in [5.74, 6) is 1.54. The fourth-order valence-electron chi connectivity index (χ4n) is 3.09. The Hall–Kier alpha value is -1.53. The van der Waals surface area contributed by atoms with Crippen LogP contribution in [0.15, 0.2) is 24.3 Å². The minimum absolute atomic E-state index is 0.761. The van der Waals surface area contributed by atoms with E-state index < -0.39 is 0 Å². The third kappa shape index (κ3) is 2.13. The van der Waals surface area contributed by atoms with Crippen molar-refractivity contribution in [3.8, 4) is 6.07 Å². The van der Waals surface area contributed by atoms with Crippen LogP contribution in [0.2, 0.25) is 0 Å². The lowest BCUT2D eigenvalue weighted by Crippen LogP contribution is -2.51. The molecule has 0 aliphatic carbocycles. The fourth-order valence-corrected chi connectivity index (χ4v) is 3.09. The van der Waals surface area contributed by atoms with Crippen molar-refractivity contribution in [1.82, 2.24) is 5.32 Å². The highest BCUT2D eigenvalue weighted by molar-refractivity contribution is 5.52. The summed E-state index contributed by atoms with van der Waals surface area (Å²) in [5, 5.41) is 12.4. The largest absolute Gasteiger partial charge is 0.371 e. The molecular weight excluding hydrogens is 210 g/mol. The molecule has 2 bridgehead atoms. The topological polar surface area (TPSA) is 39.1 Å². The van der Waals surface area contributed by atoms with Crippen molar-refractivity contribution < 1.29 is 0 Å². The number of hydrogen-bond donors (Lipinski definition) is 1. The average Bonchev–Trinajstić information content (AvgIpc) is 2.38. The molecule has 0 amide bonds. The summed E-state index contributed by atoms with van der Waals surface area (Å²) < 4.78 is 0. The molecule has 0 radical (unpaired) electrons. The summed E-state index contributed by atoms with van der Waals surface area (Å²) in [7, 11) is 0. The van der Waals surface area contributed by atoms with Gasteiger partial charge in [0.25, 0.3) is 0 Å². The van der Waals surface area contributed by atoms with Crippen LogP contribution in [-0.4, -0.2) is 26.2 Å². The molecule has 3 rings (SSSR count). The van der Waals surface area contributed by atoms with Gasteiger partial charge in [-0.3, -0.25) is 0 Å². The van der Waals surface area contributed by atoms with Gasteiger partial charge in [-0.25, -0.2) is 0 Å². The Morgan fingerprint density at radius 1 is 1.24 bits per heavy atom. The number of nitrogens with one attached hydrogen (secondary N) is 1. The molecule has 2 unspecified atom stereocenters. The maximum atomic E-state index is 8.94. The van der Waals surface area contributed by atoms with Crippen LogP contribution in [0.5, 0.6) is 0 Å². The predicted octanol–water partition coefficient (Wildman–Crippen LogP) is 1.60. The lowest BCUT2D eigenvalue weighted by molar-refractivity contribution is 0.250. The Balaban J connectivity index is 1.82. The third-order valence-corrected chi connectivity index (χ3v) is 3.83. The molecule has 88 valence electrons. The second-order valence-corrected chi connectivity index (χ2v) is 5.19. The van der Waals surface area contributed by atoms with Gasteiger partial charge in [-0.1, -0.05) is 6.07 Å². The molecule has 1 aromatic carbocycles. The second kappa shape index (κ2) is 4.38. The minimum Gasteiger partial charge on any atom is -0.371 e. The first-order chi connectivity index (χ1) is 8.35. The molecule has 3 nitrogen and oxygen atoms in total.